The van der Waals surface area contributed by atoms with Crippen molar-refractivity contribution >= 4 is 11.6 Å². The van der Waals surface area contributed by atoms with E-state index in [9.17, 15) is 13.2 Å². The van der Waals surface area contributed by atoms with Crippen molar-refractivity contribution in [3.8, 4) is 17.0 Å². The Labute approximate surface area is 125 Å². The minimum Gasteiger partial charge on any atom is -0.493 e. The Hall–Kier alpha value is -1.69. The Morgan fingerprint density at radius 1 is 1.29 bits per heavy atom. The Kier molecular flexibility index (Phi) is 4.77. The van der Waals surface area contributed by atoms with Gasteiger partial charge in [0.1, 0.15) is 11.4 Å². The van der Waals surface area contributed by atoms with Crippen molar-refractivity contribution in [2.45, 2.75) is 25.9 Å². The van der Waals surface area contributed by atoms with Gasteiger partial charge < -0.3 is 4.74 Å². The molecule has 0 amide bonds. The molecule has 0 spiro atoms. The van der Waals surface area contributed by atoms with E-state index in [4.69, 9.17) is 16.3 Å². The lowest BCUT2D eigenvalue weighted by atomic mass is 10.1. The fraction of sp³-hybridized carbons (Fsp3) is 0.357. The molecule has 1 heterocycles. The Balaban J connectivity index is 2.33. The highest BCUT2D eigenvalue weighted by Crippen LogP contribution is 2.35. The summed E-state index contributed by atoms with van der Waals surface area (Å²) >= 11 is 5.91. The smallest absolute Gasteiger partial charge is 0.432 e. The number of aromatic nitrogens is 2. The van der Waals surface area contributed by atoms with Gasteiger partial charge >= 0.3 is 6.18 Å². The van der Waals surface area contributed by atoms with Crippen LogP contribution < -0.4 is 4.74 Å². The standard InChI is InChI=1S/C14H14ClF3N2O/c1-2-3-6-21-12-5-4-9(15)7-10(12)11-8-13(20-19-11)14(16,17)18/h4-5,7-8H,2-3,6H2,1H3,(H,19,20). The van der Waals surface area contributed by atoms with Gasteiger partial charge in [-0.05, 0) is 30.7 Å². The highest BCUT2D eigenvalue weighted by atomic mass is 35.5. The number of alkyl halides is 3. The number of hydrogen-bond donors (Lipinski definition) is 1. The van der Waals surface area contributed by atoms with Crippen molar-refractivity contribution in [3.63, 3.8) is 0 Å². The van der Waals surface area contributed by atoms with E-state index in [0.717, 1.165) is 18.9 Å². The number of benzene rings is 1. The molecule has 0 saturated heterocycles. The van der Waals surface area contributed by atoms with Crippen LogP contribution in [0.15, 0.2) is 24.3 Å². The van der Waals surface area contributed by atoms with Crippen LogP contribution in [0, 0.1) is 0 Å². The molecule has 1 N–H and O–H groups in total. The van der Waals surface area contributed by atoms with Crippen molar-refractivity contribution in [1.29, 1.82) is 0 Å². The predicted molar refractivity (Wildman–Crippen MR) is 74.4 cm³/mol. The van der Waals surface area contributed by atoms with Crippen molar-refractivity contribution in [1.82, 2.24) is 10.2 Å². The van der Waals surface area contributed by atoms with E-state index in [2.05, 4.69) is 5.10 Å². The lowest BCUT2D eigenvalue weighted by molar-refractivity contribution is -0.141. The van der Waals surface area contributed by atoms with Crippen molar-refractivity contribution in [2.24, 2.45) is 0 Å². The van der Waals surface area contributed by atoms with Crippen molar-refractivity contribution in [3.05, 3.63) is 35.0 Å². The van der Waals surface area contributed by atoms with E-state index < -0.39 is 11.9 Å². The number of nitrogens with one attached hydrogen (secondary N) is 1. The summed E-state index contributed by atoms with van der Waals surface area (Å²) in [6, 6.07) is 5.75. The summed E-state index contributed by atoms with van der Waals surface area (Å²) in [6.07, 6.45) is -2.65. The maximum Gasteiger partial charge on any atom is 0.432 e. The summed E-state index contributed by atoms with van der Waals surface area (Å²) in [5, 5.41) is 6.09. The average Bonchev–Trinajstić information content (AvgIpc) is 2.90. The lowest BCUT2D eigenvalue weighted by Gasteiger charge is -2.10. The highest BCUT2D eigenvalue weighted by molar-refractivity contribution is 6.30. The molecule has 7 heteroatoms. The van der Waals surface area contributed by atoms with Crippen LogP contribution >= 0.6 is 11.6 Å². The summed E-state index contributed by atoms with van der Waals surface area (Å²) in [4.78, 5) is 0. The zero-order chi connectivity index (χ0) is 15.5. The highest BCUT2D eigenvalue weighted by Gasteiger charge is 2.33. The van der Waals surface area contributed by atoms with E-state index in [-0.39, 0.29) is 5.69 Å². The second kappa shape index (κ2) is 6.39. The van der Waals surface area contributed by atoms with Crippen LogP contribution in [0.2, 0.25) is 5.02 Å². The first-order chi connectivity index (χ1) is 9.91. The van der Waals surface area contributed by atoms with Crippen LogP contribution in [0.5, 0.6) is 5.75 Å². The molecule has 0 bridgehead atoms. The molecule has 0 aliphatic heterocycles. The van der Waals surface area contributed by atoms with Gasteiger partial charge in [-0.25, -0.2) is 0 Å². The zero-order valence-corrected chi connectivity index (χ0v) is 12.1. The molecule has 0 radical (unpaired) electrons. The van der Waals surface area contributed by atoms with Gasteiger partial charge in [-0.1, -0.05) is 24.9 Å². The van der Waals surface area contributed by atoms with E-state index in [0.29, 0.717) is 22.9 Å². The first-order valence-corrected chi connectivity index (χ1v) is 6.85. The largest absolute Gasteiger partial charge is 0.493 e. The quantitative estimate of drug-likeness (QED) is 0.794. The van der Waals surface area contributed by atoms with Crippen LogP contribution in [0.25, 0.3) is 11.3 Å². The van der Waals surface area contributed by atoms with Crippen LogP contribution in [0.4, 0.5) is 13.2 Å². The number of hydrogen-bond acceptors (Lipinski definition) is 2. The molecule has 21 heavy (non-hydrogen) atoms. The third-order valence-corrected chi connectivity index (χ3v) is 3.09. The summed E-state index contributed by atoms with van der Waals surface area (Å²) in [5.41, 5.74) is -0.321. The minimum absolute atomic E-state index is 0.149. The van der Waals surface area contributed by atoms with Gasteiger partial charge in [0.2, 0.25) is 0 Å². The maximum absolute atomic E-state index is 12.6. The molecule has 3 nitrogen and oxygen atoms in total. The topological polar surface area (TPSA) is 37.9 Å². The molecular formula is C14H14ClF3N2O. The molecule has 0 aliphatic rings. The molecule has 0 fully saturated rings. The fourth-order valence-electron chi connectivity index (χ4n) is 1.76. The summed E-state index contributed by atoms with van der Waals surface area (Å²) in [5.74, 6) is 0.466. The van der Waals surface area contributed by atoms with E-state index in [1.807, 2.05) is 12.0 Å². The first kappa shape index (κ1) is 15.7. The minimum atomic E-state index is -4.47. The lowest BCUT2D eigenvalue weighted by Crippen LogP contribution is -2.04. The monoisotopic (exact) mass is 318 g/mol. The molecule has 0 atom stereocenters. The van der Waals surface area contributed by atoms with Gasteiger partial charge in [0.05, 0.1) is 12.3 Å². The molecule has 1 aromatic carbocycles. The molecule has 0 unspecified atom stereocenters. The molecule has 1 aromatic heterocycles. The maximum atomic E-state index is 12.6. The normalized spacial score (nSPS) is 11.7. The summed E-state index contributed by atoms with van der Waals surface area (Å²) < 4.78 is 43.4. The van der Waals surface area contributed by atoms with Crippen LogP contribution in [-0.2, 0) is 6.18 Å². The number of aromatic amines is 1. The van der Waals surface area contributed by atoms with E-state index in [1.54, 1.807) is 18.2 Å². The van der Waals surface area contributed by atoms with E-state index >= 15 is 0 Å². The number of ether oxygens (including phenoxy) is 1. The summed E-state index contributed by atoms with van der Waals surface area (Å²) in [6.45, 7) is 2.51. The first-order valence-electron chi connectivity index (χ1n) is 6.47. The Morgan fingerprint density at radius 3 is 2.67 bits per heavy atom. The Morgan fingerprint density at radius 2 is 2.05 bits per heavy atom. The number of nitrogens with zero attached hydrogens (tertiary/aromatic N) is 1. The molecule has 0 aliphatic carbocycles. The van der Waals surface area contributed by atoms with Crippen molar-refractivity contribution < 1.29 is 17.9 Å². The molecule has 0 saturated carbocycles. The average molecular weight is 319 g/mol. The van der Waals surface area contributed by atoms with Gasteiger partial charge in [0.15, 0.2) is 0 Å². The summed E-state index contributed by atoms with van der Waals surface area (Å²) in [7, 11) is 0. The predicted octanol–water partition coefficient (Wildman–Crippen LogP) is 4.93. The number of unbranched alkanes of at least 4 members (excludes halogenated alkanes) is 1. The Bertz CT molecular complexity index is 611. The molecule has 114 valence electrons. The third-order valence-electron chi connectivity index (χ3n) is 2.86. The van der Waals surface area contributed by atoms with Gasteiger partial charge in [0.25, 0.3) is 0 Å². The fourth-order valence-corrected chi connectivity index (χ4v) is 1.93. The van der Waals surface area contributed by atoms with Crippen molar-refractivity contribution in [2.75, 3.05) is 6.61 Å². The van der Waals surface area contributed by atoms with E-state index in [1.165, 1.54) is 0 Å². The van der Waals surface area contributed by atoms with Crippen LogP contribution in [0.1, 0.15) is 25.5 Å². The second-order valence-electron chi connectivity index (χ2n) is 4.51. The van der Waals surface area contributed by atoms with Gasteiger partial charge in [-0.3, -0.25) is 5.10 Å². The van der Waals surface area contributed by atoms with Gasteiger partial charge in [0, 0.05) is 10.6 Å². The third kappa shape index (κ3) is 3.91. The number of rotatable bonds is 5. The molecule has 2 aromatic rings. The number of H-pyrrole nitrogens is 1. The molecular weight excluding hydrogens is 305 g/mol. The van der Waals surface area contributed by atoms with Gasteiger partial charge in [-0.2, -0.15) is 18.3 Å². The molecule has 2 rings (SSSR count). The van der Waals surface area contributed by atoms with Crippen LogP contribution in [-0.4, -0.2) is 16.8 Å². The van der Waals surface area contributed by atoms with Crippen LogP contribution in [0.3, 0.4) is 0 Å². The zero-order valence-electron chi connectivity index (χ0n) is 11.3. The SMILES string of the molecule is CCCCOc1ccc(Cl)cc1-c1cc(C(F)(F)F)[nH]n1. The van der Waals surface area contributed by atoms with Gasteiger partial charge in [-0.15, -0.1) is 0 Å². The number of halogens is 4. The second-order valence-corrected chi connectivity index (χ2v) is 4.94.